The first kappa shape index (κ1) is 8.51. The lowest BCUT2D eigenvalue weighted by Gasteiger charge is -2.18. The third kappa shape index (κ3) is 2.87. The number of hydrogen-bond acceptors (Lipinski definition) is 1. The number of allylic oxidation sites excluding steroid dienone is 1. The molecule has 1 aliphatic rings. The predicted molar refractivity (Wildman–Crippen MR) is 49.9 cm³/mol. The summed E-state index contributed by atoms with van der Waals surface area (Å²) in [6, 6.07) is 0. The van der Waals surface area contributed by atoms with Crippen LogP contribution in [-0.4, -0.2) is 5.71 Å². The molecule has 0 atom stereocenters. The molecular weight excluding hydrogens is 134 g/mol. The second-order valence-corrected chi connectivity index (χ2v) is 4.57. The molecule has 0 unspecified atom stereocenters. The van der Waals surface area contributed by atoms with E-state index in [-0.39, 0.29) is 0 Å². The summed E-state index contributed by atoms with van der Waals surface area (Å²) in [6.07, 6.45) is 4.30. The van der Waals surface area contributed by atoms with Crippen LogP contribution < -0.4 is 0 Å². The molecule has 1 heterocycles. The van der Waals surface area contributed by atoms with Gasteiger partial charge in [0.05, 0.1) is 0 Å². The second-order valence-electron chi connectivity index (χ2n) is 4.57. The Bertz CT molecular complexity index is 203. The van der Waals surface area contributed by atoms with Gasteiger partial charge in [-0.1, -0.05) is 20.8 Å². The monoisotopic (exact) mass is 151 g/mol. The fourth-order valence-corrected chi connectivity index (χ4v) is 1.41. The highest BCUT2D eigenvalue weighted by molar-refractivity contribution is 5.86. The minimum absolute atomic E-state index is 0.409. The van der Waals surface area contributed by atoms with Gasteiger partial charge in [-0.3, -0.25) is 4.99 Å². The lowest BCUT2D eigenvalue weighted by atomic mass is 9.87. The summed E-state index contributed by atoms with van der Waals surface area (Å²) in [6.45, 7) is 8.89. The Hall–Kier alpha value is -0.590. The van der Waals surface area contributed by atoms with E-state index in [1.165, 1.54) is 17.7 Å². The Balaban J connectivity index is 2.44. The van der Waals surface area contributed by atoms with Crippen LogP contribution in [0.4, 0.5) is 0 Å². The molecule has 0 saturated heterocycles. The molecule has 0 aromatic rings. The SMILES string of the molecule is CC1=NC=C(CC(C)(C)C)C1. The molecular formula is C10H17N. The van der Waals surface area contributed by atoms with Crippen LogP contribution in [0, 0.1) is 5.41 Å². The van der Waals surface area contributed by atoms with Crippen LogP contribution in [0.5, 0.6) is 0 Å². The summed E-state index contributed by atoms with van der Waals surface area (Å²) in [4.78, 5) is 4.26. The van der Waals surface area contributed by atoms with E-state index in [0.717, 1.165) is 6.42 Å². The van der Waals surface area contributed by atoms with Crippen LogP contribution in [0.25, 0.3) is 0 Å². The van der Waals surface area contributed by atoms with Crippen LogP contribution >= 0.6 is 0 Å². The maximum atomic E-state index is 4.26. The largest absolute Gasteiger partial charge is 0.266 e. The van der Waals surface area contributed by atoms with Gasteiger partial charge in [0.2, 0.25) is 0 Å². The molecule has 1 rings (SSSR count). The van der Waals surface area contributed by atoms with Crippen molar-refractivity contribution in [3.63, 3.8) is 0 Å². The van der Waals surface area contributed by atoms with Crippen molar-refractivity contribution >= 4 is 5.71 Å². The first-order chi connectivity index (χ1) is 4.97. The van der Waals surface area contributed by atoms with Gasteiger partial charge in [-0.05, 0) is 24.3 Å². The Morgan fingerprint density at radius 3 is 2.45 bits per heavy atom. The summed E-state index contributed by atoms with van der Waals surface area (Å²) in [7, 11) is 0. The number of rotatable bonds is 1. The molecule has 0 fully saturated rings. The Labute approximate surface area is 69.2 Å². The molecule has 0 N–H and O–H groups in total. The van der Waals surface area contributed by atoms with E-state index in [2.05, 4.69) is 32.7 Å². The summed E-state index contributed by atoms with van der Waals surface area (Å²) < 4.78 is 0. The molecule has 1 aliphatic heterocycles. The molecule has 0 aliphatic carbocycles. The lowest BCUT2D eigenvalue weighted by Crippen LogP contribution is -2.06. The van der Waals surface area contributed by atoms with Gasteiger partial charge < -0.3 is 0 Å². The van der Waals surface area contributed by atoms with Crippen molar-refractivity contribution in [1.29, 1.82) is 0 Å². The Morgan fingerprint density at radius 2 is 2.09 bits per heavy atom. The van der Waals surface area contributed by atoms with Gasteiger partial charge in [-0.25, -0.2) is 0 Å². The molecule has 1 nitrogen and oxygen atoms in total. The van der Waals surface area contributed by atoms with Gasteiger partial charge in [0.15, 0.2) is 0 Å². The van der Waals surface area contributed by atoms with E-state index in [4.69, 9.17) is 0 Å². The molecule has 62 valence electrons. The number of aliphatic imine (C=N–C) groups is 1. The normalized spacial score (nSPS) is 18.2. The van der Waals surface area contributed by atoms with Gasteiger partial charge >= 0.3 is 0 Å². The van der Waals surface area contributed by atoms with Crippen LogP contribution in [-0.2, 0) is 0 Å². The zero-order valence-corrected chi connectivity index (χ0v) is 7.94. The van der Waals surface area contributed by atoms with Crippen LogP contribution in [0.15, 0.2) is 16.8 Å². The van der Waals surface area contributed by atoms with E-state index in [9.17, 15) is 0 Å². The Kier molecular flexibility index (Phi) is 2.17. The lowest BCUT2D eigenvalue weighted by molar-refractivity contribution is 0.408. The fourth-order valence-electron chi connectivity index (χ4n) is 1.41. The standard InChI is InChI=1S/C10H17N/c1-8-5-9(7-11-8)6-10(2,3)4/h7H,5-6H2,1-4H3. The Morgan fingerprint density at radius 1 is 1.45 bits per heavy atom. The van der Waals surface area contributed by atoms with Gasteiger partial charge in [0.25, 0.3) is 0 Å². The van der Waals surface area contributed by atoms with E-state index in [1.54, 1.807) is 0 Å². The number of hydrogen-bond donors (Lipinski definition) is 0. The zero-order chi connectivity index (χ0) is 8.48. The smallest absolute Gasteiger partial charge is 0.0263 e. The van der Waals surface area contributed by atoms with Crippen molar-refractivity contribution in [1.82, 2.24) is 0 Å². The highest BCUT2D eigenvalue weighted by atomic mass is 14.7. The zero-order valence-electron chi connectivity index (χ0n) is 7.94. The topological polar surface area (TPSA) is 12.4 Å². The van der Waals surface area contributed by atoms with Crippen molar-refractivity contribution in [3.05, 3.63) is 11.8 Å². The van der Waals surface area contributed by atoms with E-state index < -0.39 is 0 Å². The molecule has 0 bridgehead atoms. The molecule has 1 heteroatoms. The van der Waals surface area contributed by atoms with Crippen LogP contribution in [0.1, 0.15) is 40.5 Å². The van der Waals surface area contributed by atoms with E-state index in [0.29, 0.717) is 5.41 Å². The van der Waals surface area contributed by atoms with Gasteiger partial charge in [-0.15, -0.1) is 0 Å². The van der Waals surface area contributed by atoms with Gasteiger partial charge in [-0.2, -0.15) is 0 Å². The molecule has 0 amide bonds. The summed E-state index contributed by atoms with van der Waals surface area (Å²) in [5.41, 5.74) is 3.14. The predicted octanol–water partition coefficient (Wildman–Crippen LogP) is 3.17. The van der Waals surface area contributed by atoms with Gasteiger partial charge in [0, 0.05) is 18.3 Å². The molecule has 0 saturated carbocycles. The van der Waals surface area contributed by atoms with Crippen molar-refractivity contribution in [2.45, 2.75) is 40.5 Å². The maximum absolute atomic E-state index is 4.26. The first-order valence-electron chi connectivity index (χ1n) is 4.18. The molecule has 0 aromatic carbocycles. The molecule has 11 heavy (non-hydrogen) atoms. The minimum atomic E-state index is 0.409. The van der Waals surface area contributed by atoms with E-state index >= 15 is 0 Å². The minimum Gasteiger partial charge on any atom is -0.266 e. The average molecular weight is 151 g/mol. The first-order valence-corrected chi connectivity index (χ1v) is 4.18. The molecule has 0 spiro atoms. The summed E-state index contributed by atoms with van der Waals surface area (Å²) in [5, 5.41) is 0. The van der Waals surface area contributed by atoms with Crippen molar-refractivity contribution < 1.29 is 0 Å². The highest BCUT2D eigenvalue weighted by Gasteiger charge is 2.15. The summed E-state index contributed by atoms with van der Waals surface area (Å²) >= 11 is 0. The second kappa shape index (κ2) is 2.80. The summed E-state index contributed by atoms with van der Waals surface area (Å²) in [5.74, 6) is 0. The quantitative estimate of drug-likeness (QED) is 0.546. The third-order valence-electron chi connectivity index (χ3n) is 1.71. The van der Waals surface area contributed by atoms with Crippen molar-refractivity contribution in [2.75, 3.05) is 0 Å². The third-order valence-corrected chi connectivity index (χ3v) is 1.71. The fraction of sp³-hybridized carbons (Fsp3) is 0.700. The highest BCUT2D eigenvalue weighted by Crippen LogP contribution is 2.28. The number of nitrogens with zero attached hydrogens (tertiary/aromatic N) is 1. The average Bonchev–Trinajstić information content (AvgIpc) is 2.10. The van der Waals surface area contributed by atoms with Crippen LogP contribution in [0.3, 0.4) is 0 Å². The van der Waals surface area contributed by atoms with Crippen molar-refractivity contribution in [3.8, 4) is 0 Å². The van der Waals surface area contributed by atoms with Gasteiger partial charge in [0.1, 0.15) is 0 Å². The van der Waals surface area contributed by atoms with Crippen molar-refractivity contribution in [2.24, 2.45) is 10.4 Å². The van der Waals surface area contributed by atoms with Crippen LogP contribution in [0.2, 0.25) is 0 Å². The molecule has 0 radical (unpaired) electrons. The molecule has 0 aromatic heterocycles. The van der Waals surface area contributed by atoms with E-state index in [1.807, 2.05) is 6.20 Å². The maximum Gasteiger partial charge on any atom is 0.0263 e.